The van der Waals surface area contributed by atoms with Crippen LogP contribution in [0.15, 0.2) is 30.3 Å². The van der Waals surface area contributed by atoms with Gasteiger partial charge in [-0.1, -0.05) is 30.3 Å². The monoisotopic (exact) mass is 277 g/mol. The van der Waals surface area contributed by atoms with Gasteiger partial charge in [-0.05, 0) is 0 Å². The molecule has 1 aromatic rings. The Morgan fingerprint density at radius 2 is 1.83 bits per heavy atom. The topological polar surface area (TPSA) is 103 Å². The molecule has 7 nitrogen and oxygen atoms in total. The fourth-order valence-electron chi connectivity index (χ4n) is 1.65. The Labute approximate surface area is 105 Å². The first-order valence-corrected chi connectivity index (χ1v) is 6.65. The van der Waals surface area contributed by atoms with Crippen molar-refractivity contribution in [1.29, 1.82) is 0 Å². The molecule has 0 aromatic heterocycles. The molecule has 2 atom stereocenters. The SMILES string of the molecule is COP(=O)(OC)C(O)(C[NH+]([O-])O)c1ccccc1. The summed E-state index contributed by atoms with van der Waals surface area (Å²) in [5, 5.41) is 26.7. The van der Waals surface area contributed by atoms with Gasteiger partial charge >= 0.3 is 7.60 Å². The zero-order valence-electron chi connectivity index (χ0n) is 10.1. The first kappa shape index (κ1) is 15.3. The first-order chi connectivity index (χ1) is 8.39. The fourth-order valence-corrected chi connectivity index (χ4v) is 3.20. The predicted molar refractivity (Wildman–Crippen MR) is 62.9 cm³/mol. The standard InChI is InChI=1S/C10H16NO6P/c1-16-18(15,17-2)10(12,8-11(13)14)9-6-4-3-5-7-9/h3-7,11-13H,8H2,1-2H3. The van der Waals surface area contributed by atoms with Crippen molar-refractivity contribution in [3.63, 3.8) is 0 Å². The molecule has 18 heavy (non-hydrogen) atoms. The molecule has 0 heterocycles. The lowest BCUT2D eigenvalue weighted by Gasteiger charge is -2.34. The molecule has 0 radical (unpaired) electrons. The quantitative estimate of drug-likeness (QED) is 0.503. The van der Waals surface area contributed by atoms with Gasteiger partial charge in [-0.2, -0.15) is 0 Å². The third-order valence-electron chi connectivity index (χ3n) is 2.57. The van der Waals surface area contributed by atoms with Gasteiger partial charge < -0.3 is 19.4 Å². The molecule has 0 saturated carbocycles. The highest BCUT2D eigenvalue weighted by molar-refractivity contribution is 7.54. The molecule has 0 aliphatic rings. The van der Waals surface area contributed by atoms with Crippen molar-refractivity contribution >= 4 is 7.60 Å². The van der Waals surface area contributed by atoms with Crippen LogP contribution in [0.2, 0.25) is 0 Å². The molecular weight excluding hydrogens is 261 g/mol. The summed E-state index contributed by atoms with van der Waals surface area (Å²) < 4.78 is 21.8. The molecule has 2 unspecified atom stereocenters. The highest BCUT2D eigenvalue weighted by Crippen LogP contribution is 2.61. The summed E-state index contributed by atoms with van der Waals surface area (Å²) in [5.41, 5.74) is 0.166. The Balaban J connectivity index is 3.31. The molecule has 0 bridgehead atoms. The summed E-state index contributed by atoms with van der Waals surface area (Å²) in [6.07, 6.45) is 0. The van der Waals surface area contributed by atoms with Gasteiger partial charge in [0.2, 0.25) is 5.34 Å². The number of hydrogen-bond donors (Lipinski definition) is 3. The Bertz CT molecular complexity index is 418. The van der Waals surface area contributed by atoms with Crippen LogP contribution in [0.5, 0.6) is 0 Å². The zero-order chi connectivity index (χ0) is 13.8. The van der Waals surface area contributed by atoms with E-state index in [1.54, 1.807) is 18.2 Å². The third-order valence-corrected chi connectivity index (χ3v) is 4.85. The Morgan fingerprint density at radius 3 is 2.22 bits per heavy atom. The van der Waals surface area contributed by atoms with E-state index >= 15 is 0 Å². The third kappa shape index (κ3) is 2.78. The van der Waals surface area contributed by atoms with Crippen LogP contribution in [0, 0.1) is 5.21 Å². The van der Waals surface area contributed by atoms with E-state index in [0.717, 1.165) is 14.2 Å². The normalized spacial score (nSPS) is 17.2. The molecule has 0 spiro atoms. The van der Waals surface area contributed by atoms with Gasteiger partial charge in [0.15, 0.2) is 6.54 Å². The van der Waals surface area contributed by atoms with Crippen LogP contribution in [-0.4, -0.2) is 31.1 Å². The van der Waals surface area contributed by atoms with Crippen molar-refractivity contribution in [2.45, 2.75) is 5.34 Å². The number of hydroxylamine groups is 2. The summed E-state index contributed by atoms with van der Waals surface area (Å²) in [4.78, 5) is 0. The summed E-state index contributed by atoms with van der Waals surface area (Å²) in [6.45, 7) is -0.782. The minimum atomic E-state index is -4.00. The lowest BCUT2D eigenvalue weighted by atomic mass is 10.1. The first-order valence-electron chi connectivity index (χ1n) is 5.11. The molecule has 0 fully saturated rings. The number of benzene rings is 1. The van der Waals surface area contributed by atoms with Gasteiger partial charge in [-0.25, -0.2) is 10.4 Å². The van der Waals surface area contributed by atoms with Crippen LogP contribution < -0.4 is 5.23 Å². The molecule has 3 N–H and O–H groups in total. The minimum Gasteiger partial charge on any atom is -0.600 e. The smallest absolute Gasteiger partial charge is 0.372 e. The van der Waals surface area contributed by atoms with Gasteiger partial charge in [-0.15, -0.1) is 0 Å². The summed E-state index contributed by atoms with van der Waals surface area (Å²) in [6, 6.07) is 7.81. The van der Waals surface area contributed by atoms with E-state index in [1.807, 2.05) is 0 Å². The van der Waals surface area contributed by atoms with E-state index in [2.05, 4.69) is 0 Å². The minimum absolute atomic E-state index is 0.166. The van der Waals surface area contributed by atoms with Gasteiger partial charge in [0.25, 0.3) is 0 Å². The van der Waals surface area contributed by atoms with Crippen LogP contribution in [0.3, 0.4) is 0 Å². The van der Waals surface area contributed by atoms with E-state index in [4.69, 9.17) is 14.3 Å². The van der Waals surface area contributed by atoms with E-state index in [0.29, 0.717) is 0 Å². The average Bonchev–Trinajstić information content (AvgIpc) is 2.37. The molecule has 0 saturated heterocycles. The van der Waals surface area contributed by atoms with E-state index < -0.39 is 24.7 Å². The molecule has 1 rings (SSSR count). The largest absolute Gasteiger partial charge is 0.600 e. The van der Waals surface area contributed by atoms with Gasteiger partial charge in [-0.3, -0.25) is 4.57 Å². The van der Waals surface area contributed by atoms with Crippen molar-refractivity contribution in [2.75, 3.05) is 20.8 Å². The van der Waals surface area contributed by atoms with Crippen molar-refractivity contribution in [2.24, 2.45) is 0 Å². The molecule has 0 aliphatic heterocycles. The van der Waals surface area contributed by atoms with Crippen molar-refractivity contribution in [3.05, 3.63) is 41.1 Å². The second-order valence-electron chi connectivity index (χ2n) is 3.62. The predicted octanol–water partition coefficient (Wildman–Crippen LogP) is 0.0895. The molecule has 0 aliphatic carbocycles. The molecule has 0 amide bonds. The van der Waals surface area contributed by atoms with Crippen molar-refractivity contribution in [3.8, 4) is 0 Å². The highest BCUT2D eigenvalue weighted by Gasteiger charge is 2.53. The summed E-state index contributed by atoms with van der Waals surface area (Å²) >= 11 is 0. The molecule has 8 heteroatoms. The van der Waals surface area contributed by atoms with Gasteiger partial charge in [0, 0.05) is 19.8 Å². The van der Waals surface area contributed by atoms with Crippen LogP contribution in [0.4, 0.5) is 0 Å². The highest BCUT2D eigenvalue weighted by atomic mass is 31.2. The number of nitrogens with one attached hydrogen (secondary N) is 1. The molecule has 102 valence electrons. The maximum atomic E-state index is 12.4. The Kier molecular flexibility index (Phi) is 5.01. The van der Waals surface area contributed by atoms with Crippen molar-refractivity contribution in [1.82, 2.24) is 0 Å². The van der Waals surface area contributed by atoms with E-state index in [9.17, 15) is 14.9 Å². The van der Waals surface area contributed by atoms with Crippen LogP contribution in [0.25, 0.3) is 0 Å². The maximum Gasteiger partial charge on any atom is 0.372 e. The number of aliphatic hydroxyl groups is 1. The van der Waals surface area contributed by atoms with E-state index in [-0.39, 0.29) is 5.56 Å². The summed E-state index contributed by atoms with van der Waals surface area (Å²) in [7, 11) is -1.81. The van der Waals surface area contributed by atoms with Crippen LogP contribution in [0.1, 0.15) is 5.56 Å². The molecule has 1 aromatic carbocycles. The molecular formula is C10H16NO6P. The second kappa shape index (κ2) is 5.90. The number of rotatable bonds is 6. The van der Waals surface area contributed by atoms with E-state index in [1.165, 1.54) is 12.1 Å². The zero-order valence-corrected chi connectivity index (χ0v) is 11.0. The Morgan fingerprint density at radius 1 is 1.33 bits per heavy atom. The van der Waals surface area contributed by atoms with Crippen molar-refractivity contribution < 1.29 is 29.2 Å². The lowest BCUT2D eigenvalue weighted by molar-refractivity contribution is -1.05. The Hall–Kier alpha value is -0.790. The van der Waals surface area contributed by atoms with Crippen LogP contribution in [-0.2, 0) is 19.0 Å². The lowest BCUT2D eigenvalue weighted by Crippen LogP contribution is -3.06. The number of quaternary nitrogens is 1. The second-order valence-corrected chi connectivity index (χ2v) is 6.08. The average molecular weight is 277 g/mol. The van der Waals surface area contributed by atoms with Gasteiger partial charge in [0.05, 0.1) is 0 Å². The van der Waals surface area contributed by atoms with Crippen LogP contribution >= 0.6 is 7.60 Å². The fraction of sp³-hybridized carbons (Fsp3) is 0.400. The van der Waals surface area contributed by atoms with Gasteiger partial charge in [0.1, 0.15) is 0 Å². The summed E-state index contributed by atoms with van der Waals surface area (Å²) in [5.74, 6) is 0. The number of hydrogen-bond acceptors (Lipinski definition) is 6. The maximum absolute atomic E-state index is 12.4.